The van der Waals surface area contributed by atoms with Gasteiger partial charge < -0.3 is 14.5 Å². The molecular formula is C21H16ClN3O4. The number of aromatic nitrogens is 2. The van der Waals surface area contributed by atoms with Crippen LogP contribution in [0.2, 0.25) is 5.02 Å². The predicted octanol–water partition coefficient (Wildman–Crippen LogP) is 3.96. The minimum Gasteiger partial charge on any atom is -0.484 e. The summed E-state index contributed by atoms with van der Waals surface area (Å²) in [5.41, 5.74) is 1.42. The molecule has 7 nitrogen and oxygen atoms in total. The lowest BCUT2D eigenvalue weighted by atomic mass is 10.2. The lowest BCUT2D eigenvalue weighted by molar-refractivity contribution is -0.118. The first-order valence-corrected chi connectivity index (χ1v) is 9.15. The summed E-state index contributed by atoms with van der Waals surface area (Å²) in [4.78, 5) is 23.7. The summed E-state index contributed by atoms with van der Waals surface area (Å²) in [7, 11) is 0. The summed E-state index contributed by atoms with van der Waals surface area (Å²) < 4.78 is 12.3. The molecule has 0 saturated heterocycles. The molecule has 29 heavy (non-hydrogen) atoms. The first kappa shape index (κ1) is 18.8. The summed E-state index contributed by atoms with van der Waals surface area (Å²) in [5.74, 6) is 0.562. The third-order valence-electron chi connectivity index (χ3n) is 4.12. The third-order valence-corrected chi connectivity index (χ3v) is 4.35. The molecule has 0 spiro atoms. The van der Waals surface area contributed by atoms with E-state index in [2.05, 4.69) is 10.4 Å². The number of carbonyl (C=O) groups is 1. The molecule has 4 aromatic rings. The number of fused-ring (bicyclic) bond motifs is 1. The van der Waals surface area contributed by atoms with Gasteiger partial charge in [0.05, 0.1) is 11.4 Å². The van der Waals surface area contributed by atoms with Crippen LogP contribution in [0.4, 0.5) is 5.82 Å². The molecule has 0 aliphatic heterocycles. The zero-order valence-electron chi connectivity index (χ0n) is 15.4. The van der Waals surface area contributed by atoms with Crippen molar-refractivity contribution in [1.29, 1.82) is 0 Å². The van der Waals surface area contributed by atoms with E-state index in [1.165, 1.54) is 6.07 Å². The lowest BCUT2D eigenvalue weighted by Crippen LogP contribution is -2.21. The van der Waals surface area contributed by atoms with Gasteiger partial charge in [0.1, 0.15) is 17.2 Å². The molecule has 2 aromatic carbocycles. The van der Waals surface area contributed by atoms with Crippen LogP contribution in [0.3, 0.4) is 0 Å². The minimum absolute atomic E-state index is 0.220. The Morgan fingerprint density at radius 1 is 1.17 bits per heavy atom. The average Bonchev–Trinajstić information content (AvgIpc) is 3.06. The van der Waals surface area contributed by atoms with Crippen molar-refractivity contribution in [2.45, 2.75) is 6.92 Å². The van der Waals surface area contributed by atoms with Crippen molar-refractivity contribution < 1.29 is 13.9 Å². The maximum atomic E-state index is 12.4. The second-order valence-electron chi connectivity index (χ2n) is 6.35. The molecule has 8 heteroatoms. The van der Waals surface area contributed by atoms with E-state index in [1.54, 1.807) is 47.1 Å². The first-order valence-electron chi connectivity index (χ1n) is 8.77. The van der Waals surface area contributed by atoms with Gasteiger partial charge in [0, 0.05) is 28.6 Å². The standard InChI is InChI=1S/C21H16ClN3O4/c1-13-9-19(25(24-13)16-4-2-3-15(22)10-16)23-20(26)12-28-17-7-5-14-6-8-21(27)29-18(14)11-17/h2-11H,12H2,1H3,(H,23,26). The smallest absolute Gasteiger partial charge is 0.336 e. The van der Waals surface area contributed by atoms with Gasteiger partial charge in [0.2, 0.25) is 0 Å². The number of amides is 1. The van der Waals surface area contributed by atoms with Crippen molar-refractivity contribution in [3.63, 3.8) is 0 Å². The number of ether oxygens (including phenoxy) is 1. The van der Waals surface area contributed by atoms with Crippen LogP contribution >= 0.6 is 11.6 Å². The summed E-state index contributed by atoms with van der Waals surface area (Å²) in [6.45, 7) is 1.61. The number of hydrogen-bond acceptors (Lipinski definition) is 5. The lowest BCUT2D eigenvalue weighted by Gasteiger charge is -2.10. The van der Waals surface area contributed by atoms with E-state index in [0.717, 1.165) is 16.8 Å². The number of nitrogens with one attached hydrogen (secondary N) is 1. The van der Waals surface area contributed by atoms with Crippen molar-refractivity contribution in [1.82, 2.24) is 9.78 Å². The average molecular weight is 410 g/mol. The molecule has 1 N–H and O–H groups in total. The van der Waals surface area contributed by atoms with Gasteiger partial charge in [-0.25, -0.2) is 9.48 Å². The van der Waals surface area contributed by atoms with Crippen LogP contribution in [-0.2, 0) is 4.79 Å². The highest BCUT2D eigenvalue weighted by Gasteiger charge is 2.12. The van der Waals surface area contributed by atoms with E-state index in [-0.39, 0.29) is 12.5 Å². The first-order chi connectivity index (χ1) is 14.0. The van der Waals surface area contributed by atoms with Gasteiger partial charge in [-0.15, -0.1) is 0 Å². The van der Waals surface area contributed by atoms with Crippen molar-refractivity contribution in [2.75, 3.05) is 11.9 Å². The minimum atomic E-state index is -0.447. The molecule has 2 heterocycles. The Bertz CT molecular complexity index is 1260. The molecule has 0 radical (unpaired) electrons. The molecule has 0 aliphatic carbocycles. The number of anilines is 1. The maximum Gasteiger partial charge on any atom is 0.336 e. The highest BCUT2D eigenvalue weighted by Crippen LogP contribution is 2.21. The van der Waals surface area contributed by atoms with Crippen LogP contribution in [0, 0.1) is 6.92 Å². The van der Waals surface area contributed by atoms with Gasteiger partial charge in [0.15, 0.2) is 6.61 Å². The molecule has 0 aliphatic rings. The largest absolute Gasteiger partial charge is 0.484 e. The fourth-order valence-corrected chi connectivity index (χ4v) is 3.04. The normalized spacial score (nSPS) is 10.8. The monoisotopic (exact) mass is 409 g/mol. The molecule has 2 aromatic heterocycles. The van der Waals surface area contributed by atoms with Gasteiger partial charge in [-0.1, -0.05) is 17.7 Å². The van der Waals surface area contributed by atoms with Crippen LogP contribution in [0.5, 0.6) is 5.75 Å². The number of nitrogens with zero attached hydrogens (tertiary/aromatic N) is 2. The highest BCUT2D eigenvalue weighted by molar-refractivity contribution is 6.30. The van der Waals surface area contributed by atoms with E-state index in [4.69, 9.17) is 20.8 Å². The van der Waals surface area contributed by atoms with Gasteiger partial charge in [-0.2, -0.15) is 5.10 Å². The van der Waals surface area contributed by atoms with E-state index >= 15 is 0 Å². The molecule has 4 rings (SSSR count). The van der Waals surface area contributed by atoms with Crippen molar-refractivity contribution in [3.8, 4) is 11.4 Å². The third kappa shape index (κ3) is 4.30. The Balaban J connectivity index is 1.47. The number of halogens is 1. The fraction of sp³-hybridized carbons (Fsp3) is 0.0952. The number of rotatable bonds is 5. The summed E-state index contributed by atoms with van der Waals surface area (Å²) >= 11 is 6.05. The molecular weight excluding hydrogens is 394 g/mol. The second-order valence-corrected chi connectivity index (χ2v) is 6.79. The molecule has 0 fully saturated rings. The van der Waals surface area contributed by atoms with Gasteiger partial charge in [-0.05, 0) is 43.3 Å². The molecule has 0 bridgehead atoms. The number of carbonyl (C=O) groups excluding carboxylic acids is 1. The Kier molecular flexibility index (Phi) is 5.05. The van der Waals surface area contributed by atoms with E-state index in [1.807, 2.05) is 19.1 Å². The molecule has 0 unspecified atom stereocenters. The second kappa shape index (κ2) is 7.81. The highest BCUT2D eigenvalue weighted by atomic mass is 35.5. The van der Waals surface area contributed by atoms with Crippen LogP contribution in [0.15, 0.2) is 69.9 Å². The van der Waals surface area contributed by atoms with Crippen LogP contribution < -0.4 is 15.7 Å². The number of benzene rings is 2. The van der Waals surface area contributed by atoms with Gasteiger partial charge >= 0.3 is 5.63 Å². The SMILES string of the molecule is Cc1cc(NC(=O)COc2ccc3ccc(=O)oc3c2)n(-c2cccc(Cl)c2)n1. The van der Waals surface area contributed by atoms with Gasteiger partial charge in [0.25, 0.3) is 5.91 Å². The maximum absolute atomic E-state index is 12.4. The molecule has 146 valence electrons. The van der Waals surface area contributed by atoms with E-state index in [0.29, 0.717) is 22.2 Å². The van der Waals surface area contributed by atoms with Crippen molar-refractivity contribution in [2.24, 2.45) is 0 Å². The van der Waals surface area contributed by atoms with Gasteiger partial charge in [-0.3, -0.25) is 4.79 Å². The Hall–Kier alpha value is -3.58. The topological polar surface area (TPSA) is 86.4 Å². The summed E-state index contributed by atoms with van der Waals surface area (Å²) in [6.07, 6.45) is 0. The Labute approximate surface area is 170 Å². The summed E-state index contributed by atoms with van der Waals surface area (Å²) in [5, 5.41) is 8.52. The molecule has 1 amide bonds. The van der Waals surface area contributed by atoms with Crippen LogP contribution in [0.25, 0.3) is 16.7 Å². The van der Waals surface area contributed by atoms with Crippen LogP contribution in [-0.4, -0.2) is 22.3 Å². The quantitative estimate of drug-likeness (QED) is 0.504. The van der Waals surface area contributed by atoms with Crippen molar-refractivity contribution >= 4 is 34.3 Å². The van der Waals surface area contributed by atoms with E-state index < -0.39 is 5.63 Å². The summed E-state index contributed by atoms with van der Waals surface area (Å²) in [6, 6.07) is 17.0. The van der Waals surface area contributed by atoms with E-state index in [9.17, 15) is 9.59 Å². The van der Waals surface area contributed by atoms with Crippen LogP contribution in [0.1, 0.15) is 5.69 Å². The van der Waals surface area contributed by atoms with Crippen molar-refractivity contribution in [3.05, 3.63) is 81.8 Å². The zero-order chi connectivity index (χ0) is 20.4. The fourth-order valence-electron chi connectivity index (χ4n) is 2.85. The molecule has 0 atom stereocenters. The number of aryl methyl sites for hydroxylation is 1. The molecule has 0 saturated carbocycles. The predicted molar refractivity (Wildman–Crippen MR) is 110 cm³/mol. The Morgan fingerprint density at radius 3 is 2.83 bits per heavy atom. The number of hydrogen-bond donors (Lipinski definition) is 1. The zero-order valence-corrected chi connectivity index (χ0v) is 16.1. The Morgan fingerprint density at radius 2 is 2.00 bits per heavy atom.